The largest absolute Gasteiger partial charge is 0.346 e. The van der Waals surface area contributed by atoms with Crippen molar-refractivity contribution in [2.75, 3.05) is 13.1 Å². The summed E-state index contributed by atoms with van der Waals surface area (Å²) in [6, 6.07) is -0.136. The normalized spacial score (nSPS) is 18.9. The number of carbonyl (C=O) groups excluding carboxylic acids is 2. The minimum absolute atomic E-state index is 0.0589. The lowest BCUT2D eigenvalue weighted by molar-refractivity contribution is -0.128. The highest BCUT2D eigenvalue weighted by Gasteiger charge is 2.33. The summed E-state index contributed by atoms with van der Waals surface area (Å²) in [6.07, 6.45) is 1.18. The number of nitrogens with zero attached hydrogens (tertiary/aromatic N) is 2. The summed E-state index contributed by atoms with van der Waals surface area (Å²) in [6.45, 7) is 11.5. The van der Waals surface area contributed by atoms with Gasteiger partial charge in [-0.2, -0.15) is 5.10 Å². The summed E-state index contributed by atoms with van der Waals surface area (Å²) in [5, 5.41) is 9.92. The van der Waals surface area contributed by atoms with E-state index < -0.39 is 0 Å². The molecule has 0 aliphatic carbocycles. The van der Waals surface area contributed by atoms with Gasteiger partial charge in [-0.1, -0.05) is 27.7 Å². The van der Waals surface area contributed by atoms with Gasteiger partial charge < -0.3 is 10.2 Å². The fraction of sp³-hybridized carbons (Fsp3) is 0.688. The quantitative estimate of drug-likeness (QED) is 0.888. The molecule has 0 spiro atoms. The predicted octanol–water partition coefficient (Wildman–Crippen LogP) is 1.66. The van der Waals surface area contributed by atoms with Crippen LogP contribution < -0.4 is 5.32 Å². The molecule has 1 aromatic heterocycles. The van der Waals surface area contributed by atoms with E-state index in [0.717, 1.165) is 17.7 Å². The fourth-order valence-corrected chi connectivity index (χ4v) is 2.85. The highest BCUT2D eigenvalue weighted by molar-refractivity contribution is 5.94. The van der Waals surface area contributed by atoms with Crippen LogP contribution in [0.15, 0.2) is 0 Å². The molecular weight excluding hydrogens is 280 g/mol. The molecule has 2 N–H and O–H groups in total. The minimum atomic E-state index is -0.205. The molecule has 1 saturated heterocycles. The molecule has 122 valence electrons. The maximum atomic E-state index is 12.3. The maximum Gasteiger partial charge on any atom is 0.272 e. The van der Waals surface area contributed by atoms with E-state index in [2.05, 4.69) is 36.3 Å². The zero-order valence-electron chi connectivity index (χ0n) is 14.1. The van der Waals surface area contributed by atoms with E-state index in [1.807, 2.05) is 18.7 Å². The van der Waals surface area contributed by atoms with E-state index in [-0.39, 0.29) is 23.3 Å². The average molecular weight is 306 g/mol. The van der Waals surface area contributed by atoms with Gasteiger partial charge in [-0.05, 0) is 18.8 Å². The van der Waals surface area contributed by atoms with Gasteiger partial charge in [0.05, 0.1) is 6.04 Å². The lowest BCUT2D eigenvalue weighted by Gasteiger charge is -2.26. The van der Waals surface area contributed by atoms with Crippen molar-refractivity contribution in [3.8, 4) is 0 Å². The van der Waals surface area contributed by atoms with Gasteiger partial charge in [0.1, 0.15) is 0 Å². The first kappa shape index (κ1) is 16.5. The van der Waals surface area contributed by atoms with Crippen LogP contribution in [0, 0.1) is 12.3 Å². The minimum Gasteiger partial charge on any atom is -0.346 e. The molecule has 1 aromatic rings. The summed E-state index contributed by atoms with van der Waals surface area (Å²) in [5.41, 5.74) is 2.35. The van der Waals surface area contributed by atoms with E-state index in [1.165, 1.54) is 0 Å². The van der Waals surface area contributed by atoms with Crippen LogP contribution in [0.5, 0.6) is 0 Å². The van der Waals surface area contributed by atoms with Crippen molar-refractivity contribution < 1.29 is 9.59 Å². The Morgan fingerprint density at radius 3 is 2.68 bits per heavy atom. The van der Waals surface area contributed by atoms with E-state index in [1.54, 1.807) is 0 Å². The number of carbonyl (C=O) groups is 2. The number of amides is 2. The SMILES string of the molecule is CCc1[nH]nc(C(=O)N[C@H]2CC(=O)N(CC(C)(C)C)C2)c1C. The second-order valence-electron chi connectivity index (χ2n) is 7.24. The van der Waals surface area contributed by atoms with Gasteiger partial charge in [0.2, 0.25) is 5.91 Å². The molecule has 2 amide bonds. The number of hydrogen-bond acceptors (Lipinski definition) is 3. The van der Waals surface area contributed by atoms with Crippen LogP contribution in [-0.2, 0) is 11.2 Å². The van der Waals surface area contributed by atoms with Crippen molar-refractivity contribution in [3.05, 3.63) is 17.0 Å². The van der Waals surface area contributed by atoms with Gasteiger partial charge in [-0.25, -0.2) is 0 Å². The molecule has 0 saturated carbocycles. The fourth-order valence-electron chi connectivity index (χ4n) is 2.85. The number of nitrogens with one attached hydrogen (secondary N) is 2. The highest BCUT2D eigenvalue weighted by atomic mass is 16.2. The summed E-state index contributed by atoms with van der Waals surface area (Å²) >= 11 is 0. The monoisotopic (exact) mass is 306 g/mol. The van der Waals surface area contributed by atoms with Crippen molar-refractivity contribution >= 4 is 11.8 Å². The topological polar surface area (TPSA) is 78.1 Å². The Morgan fingerprint density at radius 1 is 1.45 bits per heavy atom. The molecule has 6 heteroatoms. The van der Waals surface area contributed by atoms with Crippen LogP contribution in [0.4, 0.5) is 0 Å². The van der Waals surface area contributed by atoms with Crippen LogP contribution in [0.1, 0.15) is 55.9 Å². The molecule has 0 radical (unpaired) electrons. The molecule has 0 aromatic carbocycles. The smallest absolute Gasteiger partial charge is 0.272 e. The zero-order chi connectivity index (χ0) is 16.5. The van der Waals surface area contributed by atoms with Crippen LogP contribution >= 0.6 is 0 Å². The van der Waals surface area contributed by atoms with Crippen molar-refractivity contribution in [2.45, 2.75) is 53.5 Å². The maximum absolute atomic E-state index is 12.3. The molecule has 1 aliphatic heterocycles. The third-order valence-corrected chi connectivity index (χ3v) is 3.89. The molecular formula is C16H26N4O2. The number of aromatic amines is 1. The second kappa shape index (κ2) is 6.10. The number of H-pyrrole nitrogens is 1. The zero-order valence-corrected chi connectivity index (χ0v) is 14.1. The Labute approximate surface area is 131 Å². The molecule has 0 bridgehead atoms. The van der Waals surface area contributed by atoms with Crippen LogP contribution in [0.3, 0.4) is 0 Å². The van der Waals surface area contributed by atoms with E-state index in [4.69, 9.17) is 0 Å². The summed E-state index contributed by atoms with van der Waals surface area (Å²) in [4.78, 5) is 26.2. The Bertz CT molecular complexity index is 571. The lowest BCUT2D eigenvalue weighted by atomic mass is 9.96. The van der Waals surface area contributed by atoms with Gasteiger partial charge in [0.25, 0.3) is 5.91 Å². The highest BCUT2D eigenvalue weighted by Crippen LogP contribution is 2.20. The van der Waals surface area contributed by atoms with Gasteiger partial charge in [-0.15, -0.1) is 0 Å². The number of aromatic nitrogens is 2. The Kier molecular flexibility index (Phi) is 4.58. The summed E-state index contributed by atoms with van der Waals surface area (Å²) in [7, 11) is 0. The molecule has 2 rings (SSSR count). The molecule has 1 aliphatic rings. The van der Waals surface area contributed by atoms with Gasteiger partial charge in [0, 0.05) is 30.8 Å². The van der Waals surface area contributed by atoms with Gasteiger partial charge >= 0.3 is 0 Å². The Morgan fingerprint density at radius 2 is 2.14 bits per heavy atom. The lowest BCUT2D eigenvalue weighted by Crippen LogP contribution is -2.39. The van der Waals surface area contributed by atoms with Crippen LogP contribution in [0.2, 0.25) is 0 Å². The number of rotatable bonds is 4. The third-order valence-electron chi connectivity index (χ3n) is 3.89. The first-order chi connectivity index (χ1) is 10.2. The molecule has 1 fully saturated rings. The molecule has 2 heterocycles. The second-order valence-corrected chi connectivity index (χ2v) is 7.24. The van der Waals surface area contributed by atoms with E-state index in [9.17, 15) is 9.59 Å². The predicted molar refractivity (Wildman–Crippen MR) is 84.6 cm³/mol. The number of hydrogen-bond donors (Lipinski definition) is 2. The molecule has 6 nitrogen and oxygen atoms in total. The van der Waals surface area contributed by atoms with Crippen molar-refractivity contribution in [3.63, 3.8) is 0 Å². The first-order valence-corrected chi connectivity index (χ1v) is 7.83. The average Bonchev–Trinajstić information content (AvgIpc) is 2.91. The van der Waals surface area contributed by atoms with Gasteiger partial charge in [0.15, 0.2) is 5.69 Å². The van der Waals surface area contributed by atoms with Crippen molar-refractivity contribution in [1.82, 2.24) is 20.4 Å². The van der Waals surface area contributed by atoms with Crippen LogP contribution in [0.25, 0.3) is 0 Å². The summed E-state index contributed by atoms with van der Waals surface area (Å²) in [5.74, 6) is -0.0999. The molecule has 0 unspecified atom stereocenters. The van der Waals surface area contributed by atoms with Gasteiger partial charge in [-0.3, -0.25) is 14.7 Å². The molecule has 22 heavy (non-hydrogen) atoms. The Hall–Kier alpha value is -1.85. The standard InChI is InChI=1S/C16H26N4O2/c1-6-12-10(2)14(19-18-12)15(22)17-11-7-13(21)20(8-11)9-16(3,4)5/h11H,6-9H2,1-5H3,(H,17,22)(H,18,19)/t11-/m0/s1. The third kappa shape index (κ3) is 3.67. The number of likely N-dealkylation sites (tertiary alicyclic amines) is 1. The van der Waals surface area contributed by atoms with Crippen LogP contribution in [-0.4, -0.2) is 46.0 Å². The Balaban J connectivity index is 1.98. The first-order valence-electron chi connectivity index (χ1n) is 7.83. The van der Waals surface area contributed by atoms with E-state index >= 15 is 0 Å². The van der Waals surface area contributed by atoms with E-state index in [0.29, 0.717) is 25.2 Å². The number of aryl methyl sites for hydroxylation is 1. The molecule has 1 atom stereocenters. The van der Waals surface area contributed by atoms with Crippen molar-refractivity contribution in [2.24, 2.45) is 5.41 Å². The van der Waals surface area contributed by atoms with Crippen molar-refractivity contribution in [1.29, 1.82) is 0 Å². The summed E-state index contributed by atoms with van der Waals surface area (Å²) < 4.78 is 0.